The van der Waals surface area contributed by atoms with E-state index < -0.39 is 24.3 Å². The highest BCUT2D eigenvalue weighted by Gasteiger charge is 2.31. The molecule has 0 saturated heterocycles. The van der Waals surface area contributed by atoms with Gasteiger partial charge in [0.1, 0.15) is 5.75 Å². The van der Waals surface area contributed by atoms with Gasteiger partial charge in [0.15, 0.2) is 9.84 Å². The van der Waals surface area contributed by atoms with Gasteiger partial charge in [-0.05, 0) is 13.0 Å². The van der Waals surface area contributed by atoms with Gasteiger partial charge in [-0.3, -0.25) is 10.1 Å². The van der Waals surface area contributed by atoms with Gasteiger partial charge in [-0.1, -0.05) is 40.9 Å². The Bertz CT molecular complexity index is 580. The number of aryl methyl sites for hydroxylation is 1. The van der Waals surface area contributed by atoms with Gasteiger partial charge in [0, 0.05) is 11.6 Å². The lowest BCUT2D eigenvalue weighted by Gasteiger charge is -2.11. The summed E-state index contributed by atoms with van der Waals surface area (Å²) in [6.45, 7) is 1.50. The number of rotatable bonds is 3. The number of alkyl halides is 3. The summed E-state index contributed by atoms with van der Waals surface area (Å²) in [7, 11) is -3.89. The average Bonchev–Trinajstić information content (AvgIpc) is 2.13. The second kappa shape index (κ2) is 5.21. The van der Waals surface area contributed by atoms with E-state index in [1.807, 2.05) is 0 Å². The molecule has 0 atom stereocenters. The lowest BCUT2D eigenvalue weighted by atomic mass is 10.2. The third kappa shape index (κ3) is 3.98. The summed E-state index contributed by atoms with van der Waals surface area (Å²) in [6.07, 6.45) is 0. The van der Waals surface area contributed by atoms with Crippen molar-refractivity contribution in [2.24, 2.45) is 0 Å². The monoisotopic (exact) mass is 331 g/mol. The highest BCUT2D eigenvalue weighted by atomic mass is 35.6. The largest absolute Gasteiger partial charge is 0.273 e. The third-order valence-electron chi connectivity index (χ3n) is 2.09. The van der Waals surface area contributed by atoms with Crippen LogP contribution in [0, 0.1) is 17.0 Å². The summed E-state index contributed by atoms with van der Waals surface area (Å²) >= 11 is 16.3. The standard InChI is InChI=1S/C9H8Cl3NO4S/c1-6-2-3-7(4-8(6)13(14)15)18(16,17)5-9(10,11)12/h2-4H,5H2,1H3. The Labute approximate surface area is 119 Å². The van der Waals surface area contributed by atoms with Crippen LogP contribution in [0.4, 0.5) is 5.69 Å². The molecule has 0 aliphatic rings. The minimum atomic E-state index is -3.89. The number of benzene rings is 1. The Morgan fingerprint density at radius 1 is 1.33 bits per heavy atom. The number of hydrogen-bond acceptors (Lipinski definition) is 4. The third-order valence-corrected chi connectivity index (χ3v) is 4.75. The van der Waals surface area contributed by atoms with Crippen LogP contribution in [0.5, 0.6) is 0 Å². The number of nitro benzene ring substituents is 1. The van der Waals surface area contributed by atoms with Crippen molar-refractivity contribution in [3.05, 3.63) is 33.9 Å². The predicted octanol–water partition coefficient (Wildman–Crippen LogP) is 3.05. The van der Waals surface area contributed by atoms with Crippen molar-refractivity contribution in [2.45, 2.75) is 15.6 Å². The Balaban J connectivity index is 3.27. The molecule has 0 N–H and O–H groups in total. The van der Waals surface area contributed by atoms with E-state index in [-0.39, 0.29) is 10.6 Å². The molecule has 1 aromatic carbocycles. The maximum atomic E-state index is 11.9. The van der Waals surface area contributed by atoms with Crippen LogP contribution in [0.25, 0.3) is 0 Å². The van der Waals surface area contributed by atoms with Crippen LogP contribution in [-0.2, 0) is 9.84 Å². The van der Waals surface area contributed by atoms with Crippen LogP contribution in [0.1, 0.15) is 5.56 Å². The molecule has 0 unspecified atom stereocenters. The molecule has 9 heteroatoms. The summed E-state index contributed by atoms with van der Waals surface area (Å²) < 4.78 is 21.7. The van der Waals surface area contributed by atoms with Crippen molar-refractivity contribution < 1.29 is 13.3 Å². The Morgan fingerprint density at radius 2 is 1.89 bits per heavy atom. The van der Waals surface area contributed by atoms with Crippen LogP contribution < -0.4 is 0 Å². The van der Waals surface area contributed by atoms with Gasteiger partial charge in [0.25, 0.3) is 5.69 Å². The second-order valence-corrected chi connectivity index (χ2v) is 8.09. The van der Waals surface area contributed by atoms with E-state index in [0.717, 1.165) is 6.07 Å². The van der Waals surface area contributed by atoms with Crippen LogP contribution in [0.15, 0.2) is 23.1 Å². The Morgan fingerprint density at radius 3 is 2.33 bits per heavy atom. The molecule has 0 aliphatic carbocycles. The van der Waals surface area contributed by atoms with Crippen molar-refractivity contribution >= 4 is 50.3 Å². The molecule has 0 fully saturated rings. The van der Waals surface area contributed by atoms with E-state index in [1.54, 1.807) is 0 Å². The van der Waals surface area contributed by atoms with E-state index in [0.29, 0.717) is 5.56 Å². The first-order chi connectivity index (χ1) is 8.03. The minimum absolute atomic E-state index is 0.244. The van der Waals surface area contributed by atoms with Crippen molar-refractivity contribution in [3.63, 3.8) is 0 Å². The molecule has 0 radical (unpaired) electrons. The zero-order valence-corrected chi connectivity index (χ0v) is 12.1. The molecular weight excluding hydrogens is 325 g/mol. The normalized spacial score (nSPS) is 12.4. The summed E-state index contributed by atoms with van der Waals surface area (Å²) in [4.78, 5) is 9.81. The highest BCUT2D eigenvalue weighted by Crippen LogP contribution is 2.31. The molecule has 1 rings (SSSR count). The molecule has 0 aliphatic heterocycles. The summed E-state index contributed by atoms with van der Waals surface area (Å²) in [5.74, 6) is -0.745. The number of sulfone groups is 1. The van der Waals surface area contributed by atoms with E-state index in [1.165, 1.54) is 19.1 Å². The molecule has 1 aromatic rings. The SMILES string of the molecule is Cc1ccc(S(=O)(=O)CC(Cl)(Cl)Cl)cc1[N+](=O)[O-]. The van der Waals surface area contributed by atoms with E-state index in [9.17, 15) is 18.5 Å². The highest BCUT2D eigenvalue weighted by molar-refractivity contribution is 7.91. The summed E-state index contributed by atoms with van der Waals surface area (Å²) in [5, 5.41) is 10.7. The molecule has 0 saturated carbocycles. The average molecular weight is 333 g/mol. The first kappa shape index (κ1) is 15.5. The van der Waals surface area contributed by atoms with Gasteiger partial charge in [-0.25, -0.2) is 8.42 Å². The van der Waals surface area contributed by atoms with Gasteiger partial charge in [-0.15, -0.1) is 0 Å². The van der Waals surface area contributed by atoms with Crippen molar-refractivity contribution in [1.82, 2.24) is 0 Å². The van der Waals surface area contributed by atoms with E-state index in [2.05, 4.69) is 0 Å². The first-order valence-corrected chi connectivity index (χ1v) is 7.36. The van der Waals surface area contributed by atoms with Gasteiger partial charge >= 0.3 is 0 Å². The molecule has 100 valence electrons. The summed E-state index contributed by atoms with van der Waals surface area (Å²) in [6, 6.07) is 3.54. The minimum Gasteiger partial charge on any atom is -0.258 e. The molecule has 5 nitrogen and oxygen atoms in total. The molecule has 0 aromatic heterocycles. The van der Waals surface area contributed by atoms with Crippen LogP contribution >= 0.6 is 34.8 Å². The maximum Gasteiger partial charge on any atom is 0.273 e. The number of nitro groups is 1. The van der Waals surface area contributed by atoms with Crippen molar-refractivity contribution in [1.29, 1.82) is 0 Å². The molecular formula is C9H8Cl3NO4S. The fraction of sp³-hybridized carbons (Fsp3) is 0.333. The Hall–Kier alpha value is -0.560. The van der Waals surface area contributed by atoms with Gasteiger partial charge < -0.3 is 0 Å². The van der Waals surface area contributed by atoms with Crippen LogP contribution in [0.2, 0.25) is 0 Å². The fourth-order valence-electron chi connectivity index (χ4n) is 1.28. The number of halogens is 3. The first-order valence-electron chi connectivity index (χ1n) is 4.57. The van der Waals surface area contributed by atoms with E-state index in [4.69, 9.17) is 34.8 Å². The van der Waals surface area contributed by atoms with Gasteiger partial charge in [0.05, 0.1) is 9.82 Å². The van der Waals surface area contributed by atoms with Gasteiger partial charge in [-0.2, -0.15) is 0 Å². The second-order valence-electron chi connectivity index (χ2n) is 3.58. The van der Waals surface area contributed by atoms with Crippen LogP contribution in [0.3, 0.4) is 0 Å². The molecule has 0 heterocycles. The molecule has 0 bridgehead atoms. The van der Waals surface area contributed by atoms with E-state index >= 15 is 0 Å². The number of hydrogen-bond donors (Lipinski definition) is 0. The van der Waals surface area contributed by atoms with Gasteiger partial charge in [0.2, 0.25) is 3.79 Å². The molecule has 0 amide bonds. The van der Waals surface area contributed by atoms with Crippen LogP contribution in [-0.4, -0.2) is 22.9 Å². The van der Waals surface area contributed by atoms with Crippen molar-refractivity contribution in [2.75, 3.05) is 5.75 Å². The zero-order chi connectivity index (χ0) is 14.1. The van der Waals surface area contributed by atoms with Crippen molar-refractivity contribution in [3.8, 4) is 0 Å². The maximum absolute atomic E-state index is 11.9. The lowest BCUT2D eigenvalue weighted by Crippen LogP contribution is -2.20. The quantitative estimate of drug-likeness (QED) is 0.484. The summed E-state index contributed by atoms with van der Waals surface area (Å²) in [5.41, 5.74) is 0.0632. The Kier molecular flexibility index (Phi) is 4.48. The predicted molar refractivity (Wildman–Crippen MR) is 70.2 cm³/mol. The molecule has 18 heavy (non-hydrogen) atoms. The zero-order valence-electron chi connectivity index (χ0n) is 9.06. The topological polar surface area (TPSA) is 77.3 Å². The fourth-order valence-corrected chi connectivity index (χ4v) is 3.74. The molecule has 0 spiro atoms. The number of nitrogens with zero attached hydrogens (tertiary/aromatic N) is 1. The lowest BCUT2D eigenvalue weighted by molar-refractivity contribution is -0.385. The smallest absolute Gasteiger partial charge is 0.258 e.